The lowest BCUT2D eigenvalue weighted by Gasteiger charge is -2.17. The molecule has 1 aliphatic heterocycles. The molecule has 4 aromatic rings. The maximum atomic E-state index is 8.49. The van der Waals surface area contributed by atoms with E-state index in [-0.39, 0.29) is 0 Å². The minimum Gasteiger partial charge on any atom is -0.497 e. The molecule has 0 unspecified atom stereocenters. The smallest absolute Gasteiger partial charge is 0.218 e. The average Bonchev–Trinajstić information content (AvgIpc) is 3.38. The maximum Gasteiger partial charge on any atom is 0.218 e. The first-order valence-corrected chi connectivity index (χ1v) is 12.8. The number of nitrogens with one attached hydrogen (secondary N) is 1. The fraction of sp³-hybridized carbons (Fsp3) is 0.192. The summed E-state index contributed by atoms with van der Waals surface area (Å²) in [4.78, 5) is 6.00. The van der Waals surface area contributed by atoms with Gasteiger partial charge in [-0.05, 0) is 55.3 Å². The summed E-state index contributed by atoms with van der Waals surface area (Å²) in [5, 5.41) is 2.53. The molecule has 188 valence electrons. The van der Waals surface area contributed by atoms with Crippen LogP contribution in [0.3, 0.4) is 0 Å². The molecule has 5 rings (SSSR count). The van der Waals surface area contributed by atoms with Crippen molar-refractivity contribution in [3.63, 3.8) is 0 Å². The minimum absolute atomic E-state index is 0.653. The van der Waals surface area contributed by atoms with E-state index in [1.165, 1.54) is 18.5 Å². The first-order valence-electron chi connectivity index (χ1n) is 11.1. The van der Waals surface area contributed by atoms with Gasteiger partial charge in [-0.3, -0.25) is 0 Å². The number of nitrogens with zero attached hydrogens (tertiary/aromatic N) is 1. The third-order valence-electron chi connectivity index (χ3n) is 5.73. The van der Waals surface area contributed by atoms with Crippen molar-refractivity contribution in [2.24, 2.45) is 0 Å². The van der Waals surface area contributed by atoms with Gasteiger partial charge in [0.2, 0.25) is 11.0 Å². The van der Waals surface area contributed by atoms with E-state index in [0.29, 0.717) is 10.8 Å². The lowest BCUT2D eigenvalue weighted by atomic mass is 10.1. The van der Waals surface area contributed by atoms with Crippen LogP contribution in [0.15, 0.2) is 77.2 Å². The topological polar surface area (TPSA) is 132 Å². The average molecular weight is 531 g/mol. The Balaban J connectivity index is 0.000000556. The highest BCUT2D eigenvalue weighted by Gasteiger charge is 2.14. The van der Waals surface area contributed by atoms with Crippen LogP contribution >= 0.6 is 11.6 Å². The SMILES string of the molecule is COc1ccc2oc(-c3ccccc3Cl)cc(=[NH+]c3ccc(N4CCCC4)cc3)c2c1.[O-][Cl+3]([O-])([O-])[O-]. The summed E-state index contributed by atoms with van der Waals surface area (Å²) in [5.74, 6) is 1.49. The van der Waals surface area contributed by atoms with Gasteiger partial charge in [0.15, 0.2) is 0 Å². The molecule has 36 heavy (non-hydrogen) atoms. The van der Waals surface area contributed by atoms with Crippen LogP contribution < -0.4 is 38.6 Å². The minimum atomic E-state index is -4.94. The fourth-order valence-corrected chi connectivity index (χ4v) is 4.30. The second-order valence-corrected chi connectivity index (χ2v) is 9.27. The van der Waals surface area contributed by atoms with Gasteiger partial charge in [-0.15, -0.1) is 10.2 Å². The third-order valence-corrected chi connectivity index (χ3v) is 6.06. The number of ether oxygens (including phenoxy) is 1. The summed E-state index contributed by atoms with van der Waals surface area (Å²) < 4.78 is 45.6. The third kappa shape index (κ3) is 6.76. The summed E-state index contributed by atoms with van der Waals surface area (Å²) in [5.41, 5.74) is 3.90. The molecule has 0 atom stereocenters. The van der Waals surface area contributed by atoms with E-state index in [9.17, 15) is 0 Å². The maximum absolute atomic E-state index is 8.49. The highest BCUT2D eigenvalue weighted by molar-refractivity contribution is 6.33. The molecular weight excluding hydrogens is 507 g/mol. The molecule has 1 N–H and O–H groups in total. The number of anilines is 1. The number of fused-ring (bicyclic) bond motifs is 1. The zero-order valence-corrected chi connectivity index (χ0v) is 20.9. The molecule has 0 amide bonds. The predicted molar refractivity (Wildman–Crippen MR) is 125 cm³/mol. The Kier molecular flexibility index (Phi) is 8.15. The number of methoxy groups -OCH3 is 1. The first-order chi connectivity index (χ1) is 17.2. The molecule has 0 aliphatic carbocycles. The van der Waals surface area contributed by atoms with Crippen LogP contribution in [-0.2, 0) is 0 Å². The normalized spacial score (nSPS) is 14.1. The highest BCUT2D eigenvalue weighted by Crippen LogP contribution is 2.29. The molecule has 8 nitrogen and oxygen atoms in total. The van der Waals surface area contributed by atoms with Gasteiger partial charge >= 0.3 is 0 Å². The van der Waals surface area contributed by atoms with E-state index in [1.54, 1.807) is 7.11 Å². The molecule has 0 bridgehead atoms. The molecule has 10 heteroatoms. The standard InChI is InChI=1S/C26H23ClN2O2.ClHO4/c1-30-20-12-13-25-22(16-20)24(17-26(31-25)21-6-2-3-7-23(21)27)28-18-8-10-19(11-9-18)29-14-4-5-15-29;2-1(3,4)5/h2-3,6-13,16-17H,4-5,14-15H2,1H3;(H,2,3,4,5). The van der Waals surface area contributed by atoms with Crippen LogP contribution in [-0.4, -0.2) is 20.2 Å². The second kappa shape index (κ2) is 11.3. The van der Waals surface area contributed by atoms with Crippen molar-refractivity contribution in [1.29, 1.82) is 0 Å². The Bertz CT molecular complexity index is 1390. The van der Waals surface area contributed by atoms with Crippen LogP contribution in [0.25, 0.3) is 22.3 Å². The molecule has 2 heterocycles. The van der Waals surface area contributed by atoms with Crippen molar-refractivity contribution in [2.75, 3.05) is 25.1 Å². The van der Waals surface area contributed by atoms with Crippen molar-refractivity contribution in [2.45, 2.75) is 12.8 Å². The van der Waals surface area contributed by atoms with E-state index >= 15 is 0 Å². The van der Waals surface area contributed by atoms with E-state index in [1.807, 2.05) is 48.5 Å². The largest absolute Gasteiger partial charge is 0.497 e. The Morgan fingerprint density at radius 2 is 1.58 bits per heavy atom. The van der Waals surface area contributed by atoms with Crippen molar-refractivity contribution in [3.05, 3.63) is 83.2 Å². The van der Waals surface area contributed by atoms with E-state index in [4.69, 9.17) is 39.4 Å². The zero-order chi connectivity index (χ0) is 25.7. The number of hydrogen-bond acceptors (Lipinski definition) is 7. The number of benzene rings is 3. The van der Waals surface area contributed by atoms with Gasteiger partial charge in [-0.2, -0.15) is 0 Å². The van der Waals surface area contributed by atoms with Crippen LogP contribution in [0.2, 0.25) is 5.02 Å². The van der Waals surface area contributed by atoms with E-state index in [0.717, 1.165) is 46.4 Å². The second-order valence-electron chi connectivity index (χ2n) is 8.11. The molecule has 1 aliphatic rings. The highest BCUT2D eigenvalue weighted by atomic mass is 35.7. The molecular formula is C26H24Cl2N2O6. The summed E-state index contributed by atoms with van der Waals surface area (Å²) >= 11 is 6.44. The van der Waals surface area contributed by atoms with Gasteiger partial charge in [0.1, 0.15) is 17.1 Å². The first kappa shape index (κ1) is 26.0. The van der Waals surface area contributed by atoms with Crippen molar-refractivity contribution in [3.8, 4) is 17.1 Å². The van der Waals surface area contributed by atoms with Crippen LogP contribution in [0.1, 0.15) is 12.8 Å². The molecule has 3 aromatic carbocycles. The number of halogens is 2. The van der Waals surface area contributed by atoms with Crippen molar-refractivity contribution in [1.82, 2.24) is 0 Å². The van der Waals surface area contributed by atoms with Crippen LogP contribution in [0.5, 0.6) is 5.75 Å². The quantitative estimate of drug-likeness (QED) is 0.390. The van der Waals surface area contributed by atoms with Gasteiger partial charge in [-0.1, -0.05) is 23.7 Å². The van der Waals surface area contributed by atoms with Crippen molar-refractivity contribution < 1.29 is 43.0 Å². The summed E-state index contributed by atoms with van der Waals surface area (Å²) in [7, 11) is -3.28. The fourth-order valence-electron chi connectivity index (χ4n) is 4.08. The van der Waals surface area contributed by atoms with Gasteiger partial charge in [-0.25, -0.2) is 23.6 Å². The molecule has 0 radical (unpaired) electrons. The molecule has 0 spiro atoms. The molecule has 1 fully saturated rings. The van der Waals surface area contributed by atoms with E-state index in [2.05, 4.69) is 34.2 Å². The summed E-state index contributed by atoms with van der Waals surface area (Å²) in [6.45, 7) is 2.27. The van der Waals surface area contributed by atoms with Gasteiger partial charge in [0.05, 0.1) is 23.6 Å². The summed E-state index contributed by atoms with van der Waals surface area (Å²) in [6, 6.07) is 24.1. The molecule has 0 saturated carbocycles. The molecule has 1 saturated heterocycles. The van der Waals surface area contributed by atoms with Crippen molar-refractivity contribution >= 4 is 33.9 Å². The zero-order valence-electron chi connectivity index (χ0n) is 19.4. The predicted octanol–water partition coefficient (Wildman–Crippen LogP) is -0.0810. The van der Waals surface area contributed by atoms with Crippen LogP contribution in [0.4, 0.5) is 11.4 Å². The lowest BCUT2D eigenvalue weighted by molar-refractivity contribution is -2.00. The molecule has 1 aromatic heterocycles. The summed E-state index contributed by atoms with van der Waals surface area (Å²) in [6.07, 6.45) is 2.54. The Morgan fingerprint density at radius 1 is 0.917 bits per heavy atom. The van der Waals surface area contributed by atoms with Gasteiger partial charge in [0.25, 0.3) is 0 Å². The Hall–Kier alpha value is -3.11. The van der Waals surface area contributed by atoms with Gasteiger partial charge < -0.3 is 14.1 Å². The van der Waals surface area contributed by atoms with E-state index < -0.39 is 10.2 Å². The number of rotatable bonds is 4. The Labute approximate surface area is 215 Å². The lowest BCUT2D eigenvalue weighted by Crippen LogP contribution is -2.70. The number of hydrogen-bond donors (Lipinski definition) is 1. The van der Waals surface area contributed by atoms with Crippen LogP contribution in [0, 0.1) is 10.2 Å². The monoisotopic (exact) mass is 530 g/mol. The Morgan fingerprint density at radius 3 is 2.22 bits per heavy atom. The van der Waals surface area contributed by atoms with Gasteiger partial charge in [0, 0.05) is 36.5 Å².